The minimum atomic E-state index is -3.81. The number of aryl methyl sites for hydroxylation is 1. The molecule has 3 rings (SSSR count). The van der Waals surface area contributed by atoms with Crippen molar-refractivity contribution in [3.05, 3.63) is 54.7 Å². The predicted octanol–water partition coefficient (Wildman–Crippen LogP) is 1.70. The maximum atomic E-state index is 12.5. The van der Waals surface area contributed by atoms with Crippen molar-refractivity contribution >= 4 is 21.6 Å². The second-order valence-corrected chi connectivity index (χ2v) is 7.73. The van der Waals surface area contributed by atoms with Gasteiger partial charge in [0.05, 0.1) is 12.2 Å². The first-order chi connectivity index (χ1) is 12.9. The summed E-state index contributed by atoms with van der Waals surface area (Å²) >= 11 is 0. The third-order valence-corrected chi connectivity index (χ3v) is 5.47. The molecule has 0 saturated carbocycles. The van der Waals surface area contributed by atoms with E-state index in [1.807, 2.05) is 0 Å². The van der Waals surface area contributed by atoms with Gasteiger partial charge < -0.3 is 9.84 Å². The Kier molecular flexibility index (Phi) is 5.28. The van der Waals surface area contributed by atoms with E-state index in [1.165, 1.54) is 31.6 Å². The fourth-order valence-electron chi connectivity index (χ4n) is 2.35. The van der Waals surface area contributed by atoms with Gasteiger partial charge in [-0.25, -0.2) is 8.42 Å². The van der Waals surface area contributed by atoms with E-state index in [-0.39, 0.29) is 11.4 Å². The molecule has 0 aliphatic carbocycles. The van der Waals surface area contributed by atoms with Crippen molar-refractivity contribution in [2.75, 3.05) is 18.9 Å². The van der Waals surface area contributed by atoms with Crippen molar-refractivity contribution < 1.29 is 17.7 Å². The van der Waals surface area contributed by atoms with E-state index in [9.17, 15) is 13.2 Å². The second kappa shape index (κ2) is 7.64. The summed E-state index contributed by atoms with van der Waals surface area (Å²) in [5.41, 5.74) is 1.02. The van der Waals surface area contributed by atoms with E-state index in [0.717, 1.165) is 4.31 Å². The van der Waals surface area contributed by atoms with Crippen LogP contribution in [-0.4, -0.2) is 47.3 Å². The third kappa shape index (κ3) is 4.18. The van der Waals surface area contributed by atoms with Crippen molar-refractivity contribution in [3.8, 4) is 11.4 Å². The number of amides is 1. The highest BCUT2D eigenvalue weighted by Crippen LogP contribution is 2.25. The van der Waals surface area contributed by atoms with Gasteiger partial charge in [0.15, 0.2) is 0 Å². The van der Waals surface area contributed by atoms with Gasteiger partial charge in [-0.15, -0.1) is 0 Å². The van der Waals surface area contributed by atoms with Crippen molar-refractivity contribution in [1.29, 1.82) is 0 Å². The first-order valence-electron chi connectivity index (χ1n) is 7.94. The summed E-state index contributed by atoms with van der Waals surface area (Å²) in [5, 5.41) is 6.53. The van der Waals surface area contributed by atoms with E-state index >= 15 is 0 Å². The van der Waals surface area contributed by atoms with Gasteiger partial charge in [-0.1, -0.05) is 17.3 Å². The molecule has 0 fully saturated rings. The molecule has 2 aromatic heterocycles. The third-order valence-electron chi connectivity index (χ3n) is 3.68. The minimum Gasteiger partial charge on any atom is -0.339 e. The molecule has 0 unspecified atom stereocenters. The first-order valence-corrected chi connectivity index (χ1v) is 9.38. The lowest BCUT2D eigenvalue weighted by Gasteiger charge is -2.17. The van der Waals surface area contributed by atoms with Crippen LogP contribution in [0, 0.1) is 6.92 Å². The molecule has 0 aliphatic rings. The quantitative estimate of drug-likeness (QED) is 0.684. The standard InChI is InChI=1S/C17H17N5O4S/c1-12-19-17(21-26-12)14-7-3-4-8-15(14)20-16(23)11-22(2)27(24,25)13-6-5-9-18-10-13/h3-10H,11H2,1-2H3,(H,20,23). The molecule has 1 aromatic carbocycles. The Morgan fingerprint density at radius 1 is 1.22 bits per heavy atom. The average Bonchev–Trinajstić information content (AvgIpc) is 3.09. The molecule has 10 heteroatoms. The highest BCUT2D eigenvalue weighted by molar-refractivity contribution is 7.89. The molecule has 0 radical (unpaired) electrons. The van der Waals surface area contributed by atoms with Crippen molar-refractivity contribution in [3.63, 3.8) is 0 Å². The van der Waals surface area contributed by atoms with E-state index in [4.69, 9.17) is 4.52 Å². The van der Waals surface area contributed by atoms with Crippen molar-refractivity contribution in [2.24, 2.45) is 0 Å². The molecule has 2 heterocycles. The Labute approximate surface area is 156 Å². The number of hydrogen-bond donors (Lipinski definition) is 1. The summed E-state index contributed by atoms with van der Waals surface area (Å²) in [7, 11) is -2.49. The molecule has 0 spiro atoms. The Morgan fingerprint density at radius 2 is 2.00 bits per heavy atom. The highest BCUT2D eigenvalue weighted by atomic mass is 32.2. The summed E-state index contributed by atoms with van der Waals surface area (Å²) in [4.78, 5) is 20.4. The zero-order valence-electron chi connectivity index (χ0n) is 14.7. The van der Waals surface area contributed by atoms with Crippen LogP contribution in [0.25, 0.3) is 11.4 Å². The minimum absolute atomic E-state index is 0.0166. The van der Waals surface area contributed by atoms with Gasteiger partial charge in [0.2, 0.25) is 27.6 Å². The van der Waals surface area contributed by atoms with Gasteiger partial charge in [0.25, 0.3) is 0 Å². The number of anilines is 1. The summed E-state index contributed by atoms with van der Waals surface area (Å²) in [6, 6.07) is 9.86. The fourth-order valence-corrected chi connectivity index (χ4v) is 3.44. The highest BCUT2D eigenvalue weighted by Gasteiger charge is 2.23. The van der Waals surface area contributed by atoms with Gasteiger partial charge in [-0.05, 0) is 24.3 Å². The second-order valence-electron chi connectivity index (χ2n) is 5.68. The van der Waals surface area contributed by atoms with Crippen LogP contribution >= 0.6 is 0 Å². The number of likely N-dealkylation sites (N-methyl/N-ethyl adjacent to an activating group) is 1. The van der Waals surface area contributed by atoms with E-state index < -0.39 is 15.9 Å². The molecular weight excluding hydrogens is 370 g/mol. The normalized spacial score (nSPS) is 11.5. The lowest BCUT2D eigenvalue weighted by atomic mass is 10.1. The zero-order valence-corrected chi connectivity index (χ0v) is 15.5. The molecule has 0 bridgehead atoms. The van der Waals surface area contributed by atoms with Crippen LogP contribution in [0.2, 0.25) is 0 Å². The molecule has 140 valence electrons. The molecule has 1 N–H and O–H groups in total. The lowest BCUT2D eigenvalue weighted by Crippen LogP contribution is -2.35. The zero-order chi connectivity index (χ0) is 19.4. The Morgan fingerprint density at radius 3 is 2.67 bits per heavy atom. The Balaban J connectivity index is 1.75. The van der Waals surface area contributed by atoms with Crippen LogP contribution in [0.5, 0.6) is 0 Å². The number of hydrogen-bond acceptors (Lipinski definition) is 7. The molecule has 0 atom stereocenters. The molecule has 9 nitrogen and oxygen atoms in total. The molecule has 27 heavy (non-hydrogen) atoms. The monoisotopic (exact) mass is 387 g/mol. The Bertz CT molecular complexity index is 1050. The van der Waals surface area contributed by atoms with Crippen LogP contribution < -0.4 is 5.32 Å². The topological polar surface area (TPSA) is 118 Å². The van der Waals surface area contributed by atoms with Gasteiger partial charge in [-0.3, -0.25) is 9.78 Å². The van der Waals surface area contributed by atoms with E-state index in [1.54, 1.807) is 31.2 Å². The summed E-state index contributed by atoms with van der Waals surface area (Å²) in [5.74, 6) is 0.228. The van der Waals surface area contributed by atoms with Crippen molar-refractivity contribution in [1.82, 2.24) is 19.4 Å². The summed E-state index contributed by atoms with van der Waals surface area (Å²) < 4.78 is 30.9. The smallest absolute Gasteiger partial charge is 0.244 e. The fraction of sp³-hybridized carbons (Fsp3) is 0.176. The lowest BCUT2D eigenvalue weighted by molar-refractivity contribution is -0.116. The number of para-hydroxylation sites is 1. The van der Waals surface area contributed by atoms with Gasteiger partial charge in [0, 0.05) is 31.9 Å². The number of nitrogens with one attached hydrogen (secondary N) is 1. The number of pyridine rings is 1. The summed E-state index contributed by atoms with van der Waals surface area (Å²) in [6.45, 7) is 1.30. The average molecular weight is 387 g/mol. The van der Waals surface area contributed by atoms with Gasteiger partial charge >= 0.3 is 0 Å². The molecular formula is C17H17N5O4S. The predicted molar refractivity (Wildman–Crippen MR) is 97.2 cm³/mol. The molecule has 0 aliphatic heterocycles. The molecule has 3 aromatic rings. The molecule has 1 amide bonds. The number of carbonyl (C=O) groups excluding carboxylic acids is 1. The number of benzene rings is 1. The maximum absolute atomic E-state index is 12.5. The number of rotatable bonds is 6. The maximum Gasteiger partial charge on any atom is 0.244 e. The first kappa shape index (κ1) is 18.7. The number of aromatic nitrogens is 3. The van der Waals surface area contributed by atoms with Gasteiger partial charge in [0.1, 0.15) is 4.90 Å². The summed E-state index contributed by atoms with van der Waals surface area (Å²) in [6.07, 6.45) is 2.71. The Hall–Kier alpha value is -3.11. The van der Waals surface area contributed by atoms with Crippen LogP contribution in [0.4, 0.5) is 5.69 Å². The van der Waals surface area contributed by atoms with Gasteiger partial charge in [-0.2, -0.15) is 9.29 Å². The van der Waals surface area contributed by atoms with Crippen LogP contribution in [-0.2, 0) is 14.8 Å². The van der Waals surface area contributed by atoms with Crippen LogP contribution in [0.3, 0.4) is 0 Å². The van der Waals surface area contributed by atoms with E-state index in [0.29, 0.717) is 23.0 Å². The number of carbonyl (C=O) groups is 1. The molecule has 0 saturated heterocycles. The largest absolute Gasteiger partial charge is 0.339 e. The van der Waals surface area contributed by atoms with Crippen LogP contribution in [0.15, 0.2) is 58.2 Å². The number of sulfonamides is 1. The van der Waals surface area contributed by atoms with Crippen molar-refractivity contribution in [2.45, 2.75) is 11.8 Å². The SMILES string of the molecule is Cc1nc(-c2ccccc2NC(=O)CN(C)S(=O)(=O)c2cccnc2)no1. The van der Waals surface area contributed by atoms with E-state index in [2.05, 4.69) is 20.4 Å². The number of nitrogens with zero attached hydrogens (tertiary/aromatic N) is 4. The van der Waals surface area contributed by atoms with Crippen LogP contribution in [0.1, 0.15) is 5.89 Å².